The van der Waals surface area contributed by atoms with Crippen molar-refractivity contribution in [3.8, 4) is 0 Å². The smallest absolute Gasteiger partial charge is 0.329 e. The average molecular weight is 253 g/mol. The SMILES string of the molecule is Nc1nc(N[C@H]2CCCC[C@@H]2O)ncc1[N+](=O)[O-]. The van der Waals surface area contributed by atoms with Gasteiger partial charge in [0.1, 0.15) is 6.20 Å². The van der Waals surface area contributed by atoms with Crippen LogP contribution in [0.1, 0.15) is 25.7 Å². The fourth-order valence-corrected chi connectivity index (χ4v) is 2.04. The highest BCUT2D eigenvalue weighted by atomic mass is 16.6. The fourth-order valence-electron chi connectivity index (χ4n) is 2.04. The van der Waals surface area contributed by atoms with Crippen LogP contribution in [0.3, 0.4) is 0 Å². The normalized spacial score (nSPS) is 23.6. The molecular weight excluding hydrogens is 238 g/mol. The summed E-state index contributed by atoms with van der Waals surface area (Å²) in [6.45, 7) is 0. The van der Waals surface area contributed by atoms with E-state index in [0.717, 1.165) is 31.9 Å². The molecule has 0 unspecified atom stereocenters. The van der Waals surface area contributed by atoms with Crippen molar-refractivity contribution in [3.63, 3.8) is 0 Å². The molecule has 1 aliphatic carbocycles. The molecule has 1 fully saturated rings. The zero-order valence-corrected chi connectivity index (χ0v) is 9.74. The molecule has 2 atom stereocenters. The summed E-state index contributed by atoms with van der Waals surface area (Å²) in [5.74, 6) is 0.0341. The molecule has 2 rings (SSSR count). The van der Waals surface area contributed by atoms with Gasteiger partial charge in [-0.05, 0) is 12.8 Å². The van der Waals surface area contributed by atoms with E-state index in [4.69, 9.17) is 5.73 Å². The van der Waals surface area contributed by atoms with Crippen molar-refractivity contribution in [2.45, 2.75) is 37.8 Å². The monoisotopic (exact) mass is 253 g/mol. The third-order valence-corrected chi connectivity index (χ3v) is 3.04. The van der Waals surface area contributed by atoms with E-state index in [9.17, 15) is 15.2 Å². The second kappa shape index (κ2) is 5.13. The molecule has 0 aromatic carbocycles. The highest BCUT2D eigenvalue weighted by Crippen LogP contribution is 2.23. The lowest BCUT2D eigenvalue weighted by Gasteiger charge is -2.28. The minimum atomic E-state index is -0.630. The summed E-state index contributed by atoms with van der Waals surface area (Å²) in [5, 5.41) is 23.3. The summed E-state index contributed by atoms with van der Waals surface area (Å²) in [7, 11) is 0. The van der Waals surface area contributed by atoms with E-state index in [-0.39, 0.29) is 23.5 Å². The number of nitrogens with zero attached hydrogens (tertiary/aromatic N) is 3. The summed E-state index contributed by atoms with van der Waals surface area (Å²) in [4.78, 5) is 17.6. The highest BCUT2D eigenvalue weighted by molar-refractivity contribution is 5.53. The summed E-state index contributed by atoms with van der Waals surface area (Å²) in [6, 6.07) is -0.125. The van der Waals surface area contributed by atoms with Crippen LogP contribution < -0.4 is 11.1 Å². The minimum Gasteiger partial charge on any atom is -0.391 e. The van der Waals surface area contributed by atoms with Crippen LogP contribution >= 0.6 is 0 Å². The van der Waals surface area contributed by atoms with Gasteiger partial charge in [-0.1, -0.05) is 12.8 Å². The summed E-state index contributed by atoms with van der Waals surface area (Å²) < 4.78 is 0. The predicted molar refractivity (Wildman–Crippen MR) is 65.0 cm³/mol. The first-order valence-corrected chi connectivity index (χ1v) is 5.79. The van der Waals surface area contributed by atoms with Crippen molar-refractivity contribution in [1.29, 1.82) is 0 Å². The lowest BCUT2D eigenvalue weighted by atomic mass is 9.93. The van der Waals surface area contributed by atoms with E-state index < -0.39 is 11.0 Å². The second-order valence-corrected chi connectivity index (χ2v) is 4.32. The maximum absolute atomic E-state index is 10.6. The van der Waals surface area contributed by atoms with E-state index in [2.05, 4.69) is 15.3 Å². The number of nitro groups is 1. The Bertz CT molecular complexity index is 453. The summed E-state index contributed by atoms with van der Waals surface area (Å²) in [6.07, 6.45) is 4.21. The molecular formula is C10H15N5O3. The number of rotatable bonds is 3. The number of aromatic nitrogens is 2. The average Bonchev–Trinajstić information content (AvgIpc) is 2.32. The van der Waals surface area contributed by atoms with Crippen molar-refractivity contribution >= 4 is 17.5 Å². The molecule has 1 heterocycles. The van der Waals surface area contributed by atoms with E-state index in [1.807, 2.05) is 0 Å². The largest absolute Gasteiger partial charge is 0.391 e. The molecule has 1 aromatic heterocycles. The number of hydrogen-bond donors (Lipinski definition) is 3. The predicted octanol–water partition coefficient (Wildman–Crippen LogP) is 0.682. The van der Waals surface area contributed by atoms with Crippen LogP contribution in [0, 0.1) is 10.1 Å². The molecule has 8 heteroatoms. The van der Waals surface area contributed by atoms with E-state index >= 15 is 0 Å². The Labute approximate surface area is 103 Å². The van der Waals surface area contributed by atoms with Crippen molar-refractivity contribution in [3.05, 3.63) is 16.3 Å². The highest BCUT2D eigenvalue weighted by Gasteiger charge is 2.24. The molecule has 8 nitrogen and oxygen atoms in total. The van der Waals surface area contributed by atoms with Crippen LogP contribution in [-0.2, 0) is 0 Å². The molecule has 0 spiro atoms. The van der Waals surface area contributed by atoms with Crippen LogP contribution in [0.5, 0.6) is 0 Å². The van der Waals surface area contributed by atoms with Gasteiger partial charge in [-0.25, -0.2) is 4.98 Å². The number of nitrogens with two attached hydrogens (primary N) is 1. The van der Waals surface area contributed by atoms with Gasteiger partial charge < -0.3 is 16.2 Å². The summed E-state index contributed by atoms with van der Waals surface area (Å²) in [5.41, 5.74) is 5.15. The van der Waals surface area contributed by atoms with Gasteiger partial charge in [0.2, 0.25) is 11.8 Å². The Kier molecular flexibility index (Phi) is 3.56. The van der Waals surface area contributed by atoms with Crippen molar-refractivity contribution in [1.82, 2.24) is 9.97 Å². The Hall–Kier alpha value is -1.96. The fraction of sp³-hybridized carbons (Fsp3) is 0.600. The third-order valence-electron chi connectivity index (χ3n) is 3.04. The van der Waals surface area contributed by atoms with Gasteiger partial charge in [-0.15, -0.1) is 0 Å². The van der Waals surface area contributed by atoms with Crippen molar-refractivity contribution in [2.24, 2.45) is 0 Å². The number of nitrogens with one attached hydrogen (secondary N) is 1. The number of hydrogen-bond acceptors (Lipinski definition) is 7. The van der Waals surface area contributed by atoms with Gasteiger partial charge in [0.15, 0.2) is 0 Å². The standard InChI is InChI=1S/C10H15N5O3/c11-9-7(15(17)18)5-12-10(14-9)13-6-3-1-2-4-8(6)16/h5-6,8,16H,1-4H2,(H3,11,12,13,14)/t6-,8-/m0/s1. The molecule has 1 aromatic rings. The topological polar surface area (TPSA) is 127 Å². The Morgan fingerprint density at radius 1 is 1.50 bits per heavy atom. The van der Waals surface area contributed by atoms with Crippen LogP contribution in [-0.4, -0.2) is 32.1 Å². The first-order valence-electron chi connectivity index (χ1n) is 5.79. The maximum Gasteiger partial charge on any atom is 0.329 e. The van der Waals surface area contributed by atoms with Gasteiger partial charge in [-0.3, -0.25) is 10.1 Å². The third kappa shape index (κ3) is 2.65. The molecule has 4 N–H and O–H groups in total. The Morgan fingerprint density at radius 2 is 2.22 bits per heavy atom. The van der Waals surface area contributed by atoms with Gasteiger partial charge in [0, 0.05) is 0 Å². The van der Waals surface area contributed by atoms with E-state index in [1.54, 1.807) is 0 Å². The molecule has 1 aliphatic rings. The van der Waals surface area contributed by atoms with Gasteiger partial charge in [0.05, 0.1) is 17.1 Å². The van der Waals surface area contributed by atoms with Crippen LogP contribution in [0.25, 0.3) is 0 Å². The lowest BCUT2D eigenvalue weighted by molar-refractivity contribution is -0.384. The molecule has 0 radical (unpaired) electrons. The van der Waals surface area contributed by atoms with Gasteiger partial charge in [-0.2, -0.15) is 4.98 Å². The molecule has 98 valence electrons. The second-order valence-electron chi connectivity index (χ2n) is 4.32. The number of aliphatic hydroxyl groups excluding tert-OH is 1. The maximum atomic E-state index is 10.6. The lowest BCUT2D eigenvalue weighted by Crippen LogP contribution is -2.36. The first kappa shape index (κ1) is 12.5. The minimum absolute atomic E-state index is 0.125. The zero-order chi connectivity index (χ0) is 13.1. The quantitative estimate of drug-likeness (QED) is 0.533. The van der Waals surface area contributed by atoms with Crippen molar-refractivity contribution in [2.75, 3.05) is 11.1 Å². The molecule has 18 heavy (non-hydrogen) atoms. The van der Waals surface area contributed by atoms with Crippen LogP contribution in [0.4, 0.5) is 17.5 Å². The van der Waals surface area contributed by atoms with Crippen LogP contribution in [0.2, 0.25) is 0 Å². The van der Waals surface area contributed by atoms with E-state index in [1.165, 1.54) is 0 Å². The number of nitrogen functional groups attached to an aromatic ring is 1. The van der Waals surface area contributed by atoms with E-state index in [0.29, 0.717) is 0 Å². The molecule has 1 saturated carbocycles. The first-order chi connectivity index (χ1) is 8.58. The molecule has 0 bridgehead atoms. The molecule has 0 saturated heterocycles. The Morgan fingerprint density at radius 3 is 2.83 bits per heavy atom. The number of aliphatic hydroxyl groups is 1. The van der Waals surface area contributed by atoms with Crippen LogP contribution in [0.15, 0.2) is 6.20 Å². The van der Waals surface area contributed by atoms with Crippen molar-refractivity contribution < 1.29 is 10.0 Å². The zero-order valence-electron chi connectivity index (χ0n) is 9.74. The van der Waals surface area contributed by atoms with Gasteiger partial charge >= 0.3 is 5.69 Å². The molecule has 0 amide bonds. The Balaban J connectivity index is 2.10. The molecule has 0 aliphatic heterocycles. The van der Waals surface area contributed by atoms with Gasteiger partial charge in [0.25, 0.3) is 0 Å². The number of anilines is 2. The summed E-state index contributed by atoms with van der Waals surface area (Å²) >= 11 is 0.